The molecule has 112 valence electrons. The van der Waals surface area contributed by atoms with Gasteiger partial charge in [0.1, 0.15) is 0 Å². The van der Waals surface area contributed by atoms with Crippen LogP contribution >= 0.6 is 39.9 Å². The topological polar surface area (TPSA) is 50.4 Å². The van der Waals surface area contributed by atoms with Gasteiger partial charge in [0.15, 0.2) is 5.96 Å². The van der Waals surface area contributed by atoms with Crippen LogP contribution in [-0.4, -0.2) is 12.5 Å². The van der Waals surface area contributed by atoms with Gasteiger partial charge in [-0.25, -0.2) is 4.99 Å². The molecule has 2 aromatic rings. The first-order valence-electron chi connectivity index (χ1n) is 6.56. The van der Waals surface area contributed by atoms with E-state index in [0.717, 1.165) is 23.0 Å². The molecule has 0 radical (unpaired) electrons. The highest BCUT2D eigenvalue weighted by Gasteiger charge is 1.95. The average Bonchev–Trinajstić information content (AvgIpc) is 2.48. The first-order chi connectivity index (χ1) is 9.74. The molecular weight excluding hydrogens is 441 g/mol. The number of hydrogen-bond acceptors (Lipinski definition) is 1. The van der Waals surface area contributed by atoms with Crippen LogP contribution in [0.25, 0.3) is 0 Å². The first-order valence-corrected chi connectivity index (χ1v) is 7.35. The third-order valence-electron chi connectivity index (χ3n) is 2.91. The van der Waals surface area contributed by atoms with Crippen LogP contribution in [0.1, 0.15) is 11.1 Å². The average molecular weight is 460 g/mol. The minimum Gasteiger partial charge on any atom is -0.370 e. The number of nitrogens with two attached hydrogens (primary N) is 1. The Morgan fingerprint density at radius 2 is 1.67 bits per heavy atom. The van der Waals surface area contributed by atoms with E-state index in [9.17, 15) is 0 Å². The zero-order valence-corrected chi connectivity index (χ0v) is 15.5. The molecule has 0 unspecified atom stereocenters. The first kappa shape index (κ1) is 18.0. The molecule has 0 saturated carbocycles. The van der Waals surface area contributed by atoms with Crippen LogP contribution in [-0.2, 0) is 13.0 Å². The van der Waals surface area contributed by atoms with Crippen LogP contribution in [0.4, 0.5) is 0 Å². The molecule has 21 heavy (non-hydrogen) atoms. The van der Waals surface area contributed by atoms with Crippen LogP contribution in [0.5, 0.6) is 0 Å². The molecule has 0 atom stereocenters. The quantitative estimate of drug-likeness (QED) is 0.406. The van der Waals surface area contributed by atoms with Gasteiger partial charge >= 0.3 is 0 Å². The lowest BCUT2D eigenvalue weighted by atomic mass is 10.1. The summed E-state index contributed by atoms with van der Waals surface area (Å²) in [6, 6.07) is 18.4. The van der Waals surface area contributed by atoms with Crippen LogP contribution in [0.2, 0.25) is 0 Å². The summed E-state index contributed by atoms with van der Waals surface area (Å²) in [6.45, 7) is 1.39. The summed E-state index contributed by atoms with van der Waals surface area (Å²) in [5.41, 5.74) is 8.28. The molecule has 5 heteroatoms. The van der Waals surface area contributed by atoms with E-state index in [-0.39, 0.29) is 24.0 Å². The van der Waals surface area contributed by atoms with Gasteiger partial charge in [-0.1, -0.05) is 58.4 Å². The zero-order chi connectivity index (χ0) is 14.2. The Bertz CT molecular complexity index is 555. The Morgan fingerprint density at radius 1 is 1.00 bits per heavy atom. The fourth-order valence-electron chi connectivity index (χ4n) is 1.80. The van der Waals surface area contributed by atoms with Gasteiger partial charge < -0.3 is 11.1 Å². The van der Waals surface area contributed by atoms with Gasteiger partial charge in [0.2, 0.25) is 0 Å². The number of nitrogens with zero attached hydrogens (tertiary/aromatic N) is 1. The van der Waals surface area contributed by atoms with Crippen LogP contribution < -0.4 is 11.1 Å². The van der Waals surface area contributed by atoms with Gasteiger partial charge in [-0.15, -0.1) is 24.0 Å². The van der Waals surface area contributed by atoms with E-state index < -0.39 is 0 Å². The number of hydrogen-bond donors (Lipinski definition) is 2. The SMILES string of the molecule is I.NC(=NCc1ccc(Br)cc1)NCCc1ccccc1. The Morgan fingerprint density at radius 3 is 2.33 bits per heavy atom. The van der Waals surface area contributed by atoms with Gasteiger partial charge in [-0.3, -0.25) is 0 Å². The maximum Gasteiger partial charge on any atom is 0.188 e. The maximum atomic E-state index is 5.85. The van der Waals surface area contributed by atoms with Gasteiger partial charge in [0, 0.05) is 11.0 Å². The maximum absolute atomic E-state index is 5.85. The highest BCUT2D eigenvalue weighted by atomic mass is 127. The highest BCUT2D eigenvalue weighted by Crippen LogP contribution is 2.10. The van der Waals surface area contributed by atoms with Crippen molar-refractivity contribution >= 4 is 45.9 Å². The molecule has 0 aliphatic rings. The number of nitrogens with one attached hydrogen (secondary N) is 1. The molecule has 0 spiro atoms. The van der Waals surface area contributed by atoms with Gasteiger partial charge in [-0.2, -0.15) is 0 Å². The highest BCUT2D eigenvalue weighted by molar-refractivity contribution is 14.0. The summed E-state index contributed by atoms with van der Waals surface area (Å²) in [6.07, 6.45) is 0.940. The fraction of sp³-hybridized carbons (Fsp3) is 0.188. The number of rotatable bonds is 5. The second-order valence-electron chi connectivity index (χ2n) is 4.49. The largest absolute Gasteiger partial charge is 0.370 e. The lowest BCUT2D eigenvalue weighted by molar-refractivity contribution is 0.848. The lowest BCUT2D eigenvalue weighted by Gasteiger charge is -2.06. The fourth-order valence-corrected chi connectivity index (χ4v) is 2.07. The number of guanidine groups is 1. The molecule has 2 aromatic carbocycles. The van der Waals surface area contributed by atoms with Gasteiger partial charge in [0.05, 0.1) is 6.54 Å². The van der Waals surface area contributed by atoms with E-state index in [2.05, 4.69) is 38.4 Å². The Labute approximate surface area is 151 Å². The smallest absolute Gasteiger partial charge is 0.188 e. The normalized spacial score (nSPS) is 10.8. The minimum absolute atomic E-state index is 0. The molecule has 0 fully saturated rings. The molecule has 0 aliphatic carbocycles. The van der Waals surface area contributed by atoms with Crippen LogP contribution in [0.3, 0.4) is 0 Å². The Balaban J connectivity index is 0.00000220. The summed E-state index contributed by atoms with van der Waals surface area (Å²) in [4.78, 5) is 4.32. The van der Waals surface area contributed by atoms with Crippen molar-refractivity contribution in [2.45, 2.75) is 13.0 Å². The monoisotopic (exact) mass is 459 g/mol. The van der Waals surface area contributed by atoms with Crippen molar-refractivity contribution < 1.29 is 0 Å². The van der Waals surface area contributed by atoms with Crippen molar-refractivity contribution in [2.24, 2.45) is 10.7 Å². The van der Waals surface area contributed by atoms with E-state index in [1.165, 1.54) is 5.56 Å². The Hall–Kier alpha value is -1.08. The molecule has 0 aromatic heterocycles. The number of benzene rings is 2. The number of halogens is 2. The molecule has 0 heterocycles. The molecule has 2 rings (SSSR count). The summed E-state index contributed by atoms with van der Waals surface area (Å²) < 4.78 is 1.07. The van der Waals surface area contributed by atoms with E-state index in [4.69, 9.17) is 5.73 Å². The summed E-state index contributed by atoms with van der Waals surface area (Å²) in [7, 11) is 0. The van der Waals surface area contributed by atoms with Crippen molar-refractivity contribution in [3.05, 3.63) is 70.2 Å². The molecule has 3 nitrogen and oxygen atoms in total. The second kappa shape index (κ2) is 9.78. The van der Waals surface area contributed by atoms with E-state index in [1.54, 1.807) is 0 Å². The van der Waals surface area contributed by atoms with Crippen LogP contribution in [0, 0.1) is 0 Å². The predicted molar refractivity (Wildman–Crippen MR) is 103 cm³/mol. The molecule has 0 saturated heterocycles. The van der Waals surface area contributed by atoms with E-state index in [0.29, 0.717) is 12.5 Å². The minimum atomic E-state index is 0. The van der Waals surface area contributed by atoms with Crippen molar-refractivity contribution in [3.8, 4) is 0 Å². The molecule has 3 N–H and O–H groups in total. The molecule has 0 aliphatic heterocycles. The van der Waals surface area contributed by atoms with Crippen molar-refractivity contribution in [3.63, 3.8) is 0 Å². The standard InChI is InChI=1S/C16H18BrN3.HI/c17-15-8-6-14(7-9-15)12-20-16(18)19-11-10-13-4-2-1-3-5-13;/h1-9H,10-12H2,(H3,18,19,20);1H. The van der Waals surface area contributed by atoms with Crippen molar-refractivity contribution in [1.29, 1.82) is 0 Å². The van der Waals surface area contributed by atoms with Gasteiger partial charge in [-0.05, 0) is 29.7 Å². The van der Waals surface area contributed by atoms with Gasteiger partial charge in [0.25, 0.3) is 0 Å². The zero-order valence-electron chi connectivity index (χ0n) is 11.6. The third-order valence-corrected chi connectivity index (χ3v) is 3.44. The number of aliphatic imine (C=N–C) groups is 1. The van der Waals surface area contributed by atoms with Crippen molar-refractivity contribution in [2.75, 3.05) is 6.54 Å². The van der Waals surface area contributed by atoms with E-state index >= 15 is 0 Å². The summed E-state index contributed by atoms with van der Waals surface area (Å²) >= 11 is 3.41. The summed E-state index contributed by atoms with van der Waals surface area (Å²) in [5.74, 6) is 0.490. The third kappa shape index (κ3) is 6.95. The predicted octanol–water partition coefficient (Wildman–Crippen LogP) is 3.71. The van der Waals surface area contributed by atoms with Crippen molar-refractivity contribution in [1.82, 2.24) is 5.32 Å². The molecule has 0 amide bonds. The second-order valence-corrected chi connectivity index (χ2v) is 5.41. The van der Waals surface area contributed by atoms with Crippen LogP contribution in [0.15, 0.2) is 64.1 Å². The Kier molecular flexibility index (Phi) is 8.37. The molecule has 0 bridgehead atoms. The molecular formula is C16H19BrIN3. The summed E-state index contributed by atoms with van der Waals surface area (Å²) in [5, 5.41) is 3.13. The lowest BCUT2D eigenvalue weighted by Crippen LogP contribution is -2.33. The van der Waals surface area contributed by atoms with E-state index in [1.807, 2.05) is 42.5 Å².